The minimum absolute atomic E-state index is 0.0123. The van der Waals surface area contributed by atoms with Gasteiger partial charge in [-0.15, -0.1) is 0 Å². The van der Waals surface area contributed by atoms with Crippen molar-refractivity contribution >= 4 is 21.6 Å². The van der Waals surface area contributed by atoms with Gasteiger partial charge in [0.05, 0.1) is 10.5 Å². The molecule has 0 saturated heterocycles. The summed E-state index contributed by atoms with van der Waals surface area (Å²) >= 11 is 0. The maximum atomic E-state index is 13.5. The molecule has 0 aliphatic rings. The molecule has 0 radical (unpaired) electrons. The lowest BCUT2D eigenvalue weighted by Gasteiger charge is -2.12. The van der Waals surface area contributed by atoms with E-state index >= 15 is 0 Å². The molecule has 3 rings (SSSR count). The summed E-state index contributed by atoms with van der Waals surface area (Å²) in [6, 6.07) is 11.1. The molecular weight excluding hydrogens is 374 g/mol. The number of nitrogens with zero attached hydrogens (tertiary/aromatic N) is 1. The van der Waals surface area contributed by atoms with Crippen molar-refractivity contribution in [2.75, 3.05) is 4.72 Å². The first-order chi connectivity index (χ1) is 12.8. The molecule has 0 saturated carbocycles. The average molecular weight is 388 g/mol. The molecule has 1 heterocycles. The van der Waals surface area contributed by atoms with Gasteiger partial charge < -0.3 is 0 Å². The zero-order valence-corrected chi connectivity index (χ0v) is 14.9. The average Bonchev–Trinajstić information content (AvgIpc) is 2.64. The third-order valence-corrected chi connectivity index (χ3v) is 5.31. The fourth-order valence-electron chi connectivity index (χ4n) is 2.47. The lowest BCUT2D eigenvalue weighted by atomic mass is 10.0. The van der Waals surface area contributed by atoms with Crippen LogP contribution in [0.15, 0.2) is 65.7 Å². The van der Waals surface area contributed by atoms with Crippen molar-refractivity contribution in [1.29, 1.82) is 0 Å². The second kappa shape index (κ2) is 7.24. The van der Waals surface area contributed by atoms with Gasteiger partial charge in [-0.2, -0.15) is 0 Å². The Morgan fingerprint density at radius 2 is 1.67 bits per heavy atom. The number of ketones is 1. The van der Waals surface area contributed by atoms with Gasteiger partial charge in [0.25, 0.3) is 10.0 Å². The van der Waals surface area contributed by atoms with Crippen LogP contribution in [0.4, 0.5) is 14.6 Å². The molecule has 0 aliphatic heterocycles. The van der Waals surface area contributed by atoms with Gasteiger partial charge in [-0.05, 0) is 61.0 Å². The van der Waals surface area contributed by atoms with Crippen LogP contribution >= 0.6 is 0 Å². The summed E-state index contributed by atoms with van der Waals surface area (Å²) in [7, 11) is -4.18. The van der Waals surface area contributed by atoms with Crippen molar-refractivity contribution in [2.45, 2.75) is 11.8 Å². The fraction of sp³-hybridized carbons (Fsp3) is 0.0526. The largest absolute Gasteiger partial charge is 0.288 e. The number of aromatic nitrogens is 1. The number of sulfonamides is 1. The predicted molar refractivity (Wildman–Crippen MR) is 96.0 cm³/mol. The summed E-state index contributed by atoms with van der Waals surface area (Å²) in [5, 5.41) is 0. The standard InChI is InChI=1S/C19H14F2N2O3S/c1-12-4-7-15(21)11-17(12)27(25,26)23-19-16(3-2-10-22-19)18(24)13-5-8-14(20)9-6-13/h2-11H,1H3,(H,22,23). The maximum absolute atomic E-state index is 13.5. The van der Waals surface area contributed by atoms with Crippen LogP contribution in [0.1, 0.15) is 21.5 Å². The molecule has 2 aromatic carbocycles. The number of pyridine rings is 1. The number of hydrogen-bond acceptors (Lipinski definition) is 4. The number of carbonyl (C=O) groups excluding carboxylic acids is 1. The summed E-state index contributed by atoms with van der Waals surface area (Å²) in [5.41, 5.74) is 0.500. The highest BCUT2D eigenvalue weighted by Gasteiger charge is 2.22. The summed E-state index contributed by atoms with van der Waals surface area (Å²) in [6.45, 7) is 1.52. The molecule has 138 valence electrons. The van der Waals surface area contributed by atoms with E-state index in [2.05, 4.69) is 9.71 Å². The van der Waals surface area contributed by atoms with Crippen LogP contribution in [0, 0.1) is 18.6 Å². The fourth-order valence-corrected chi connectivity index (χ4v) is 3.76. The van der Waals surface area contributed by atoms with Gasteiger partial charge in [0, 0.05) is 11.8 Å². The van der Waals surface area contributed by atoms with E-state index < -0.39 is 27.4 Å². The van der Waals surface area contributed by atoms with E-state index in [1.807, 2.05) is 0 Å². The number of nitrogens with one attached hydrogen (secondary N) is 1. The number of aryl methyl sites for hydroxylation is 1. The van der Waals surface area contributed by atoms with Gasteiger partial charge in [0.15, 0.2) is 11.6 Å². The molecule has 0 spiro atoms. The molecule has 0 amide bonds. The Balaban J connectivity index is 2.00. The number of halogens is 2. The Morgan fingerprint density at radius 1 is 1.00 bits per heavy atom. The van der Waals surface area contributed by atoms with Gasteiger partial charge >= 0.3 is 0 Å². The molecule has 0 aliphatic carbocycles. The normalized spacial score (nSPS) is 11.2. The molecule has 27 heavy (non-hydrogen) atoms. The second-order valence-electron chi connectivity index (χ2n) is 5.75. The van der Waals surface area contributed by atoms with Crippen LogP contribution in [-0.2, 0) is 10.0 Å². The van der Waals surface area contributed by atoms with Crippen LogP contribution < -0.4 is 4.72 Å². The molecule has 1 N–H and O–H groups in total. The smallest absolute Gasteiger partial charge is 0.263 e. The topological polar surface area (TPSA) is 76.1 Å². The van der Waals surface area contributed by atoms with E-state index in [1.165, 1.54) is 43.5 Å². The maximum Gasteiger partial charge on any atom is 0.263 e. The lowest BCUT2D eigenvalue weighted by molar-refractivity contribution is 0.103. The third kappa shape index (κ3) is 4.01. The van der Waals surface area contributed by atoms with Crippen molar-refractivity contribution in [1.82, 2.24) is 4.98 Å². The van der Waals surface area contributed by atoms with E-state index in [4.69, 9.17) is 0 Å². The van der Waals surface area contributed by atoms with Crippen molar-refractivity contribution in [3.63, 3.8) is 0 Å². The molecule has 1 aromatic heterocycles. The highest BCUT2D eigenvalue weighted by molar-refractivity contribution is 7.92. The van der Waals surface area contributed by atoms with E-state index in [0.717, 1.165) is 24.3 Å². The SMILES string of the molecule is Cc1ccc(F)cc1S(=O)(=O)Nc1ncccc1C(=O)c1ccc(F)cc1. The van der Waals surface area contributed by atoms with Crippen molar-refractivity contribution in [3.05, 3.63) is 89.1 Å². The summed E-state index contributed by atoms with van der Waals surface area (Å²) in [5.74, 6) is -1.93. The monoisotopic (exact) mass is 388 g/mol. The van der Waals surface area contributed by atoms with Crippen LogP contribution in [-0.4, -0.2) is 19.2 Å². The first-order valence-electron chi connectivity index (χ1n) is 7.82. The number of carbonyl (C=O) groups is 1. The van der Waals surface area contributed by atoms with Gasteiger partial charge in [-0.3, -0.25) is 9.52 Å². The van der Waals surface area contributed by atoms with E-state index in [1.54, 1.807) is 0 Å². The number of benzene rings is 2. The van der Waals surface area contributed by atoms with Gasteiger partial charge in [-0.25, -0.2) is 22.2 Å². The van der Waals surface area contributed by atoms with Crippen molar-refractivity contribution in [2.24, 2.45) is 0 Å². The van der Waals surface area contributed by atoms with E-state index in [-0.39, 0.29) is 21.8 Å². The summed E-state index contributed by atoms with van der Waals surface area (Å²) < 4.78 is 54.1. The third-order valence-electron chi connectivity index (χ3n) is 3.83. The molecule has 0 fully saturated rings. The first-order valence-corrected chi connectivity index (χ1v) is 9.30. The highest BCUT2D eigenvalue weighted by Crippen LogP contribution is 2.23. The Hall–Kier alpha value is -3.13. The Labute approximate surface area is 154 Å². The number of hydrogen-bond donors (Lipinski definition) is 1. The molecule has 0 unspecified atom stereocenters. The predicted octanol–water partition coefficient (Wildman–Crippen LogP) is 3.70. The van der Waals surface area contributed by atoms with Crippen LogP contribution in [0.5, 0.6) is 0 Å². The van der Waals surface area contributed by atoms with E-state index in [9.17, 15) is 22.0 Å². The van der Waals surface area contributed by atoms with Gasteiger partial charge in [-0.1, -0.05) is 6.07 Å². The van der Waals surface area contributed by atoms with Gasteiger partial charge in [0.2, 0.25) is 0 Å². The molecule has 5 nitrogen and oxygen atoms in total. The Morgan fingerprint density at radius 3 is 2.37 bits per heavy atom. The lowest BCUT2D eigenvalue weighted by Crippen LogP contribution is -2.18. The first kappa shape index (κ1) is 18.7. The van der Waals surface area contributed by atoms with E-state index in [0.29, 0.717) is 5.56 Å². The second-order valence-corrected chi connectivity index (χ2v) is 7.40. The van der Waals surface area contributed by atoms with Crippen LogP contribution in [0.3, 0.4) is 0 Å². The highest BCUT2D eigenvalue weighted by atomic mass is 32.2. The Kier molecular flexibility index (Phi) is 5.00. The summed E-state index contributed by atoms with van der Waals surface area (Å²) in [6.07, 6.45) is 1.32. The van der Waals surface area contributed by atoms with Crippen molar-refractivity contribution < 1.29 is 22.0 Å². The quantitative estimate of drug-likeness (QED) is 0.676. The molecule has 8 heteroatoms. The zero-order valence-electron chi connectivity index (χ0n) is 14.1. The van der Waals surface area contributed by atoms with Crippen molar-refractivity contribution in [3.8, 4) is 0 Å². The molecule has 0 bridgehead atoms. The summed E-state index contributed by atoms with van der Waals surface area (Å²) in [4.78, 5) is 16.3. The molecule has 0 atom stereocenters. The van der Waals surface area contributed by atoms with Gasteiger partial charge in [0.1, 0.15) is 11.6 Å². The minimum atomic E-state index is -4.18. The minimum Gasteiger partial charge on any atom is -0.288 e. The zero-order chi connectivity index (χ0) is 19.6. The molecule has 3 aromatic rings. The number of rotatable bonds is 5. The van der Waals surface area contributed by atoms with Crippen LogP contribution in [0.2, 0.25) is 0 Å². The Bertz CT molecular complexity index is 1110. The number of anilines is 1. The molecular formula is C19H14F2N2O3S. The van der Waals surface area contributed by atoms with Crippen LogP contribution in [0.25, 0.3) is 0 Å².